The Bertz CT molecular complexity index is 365. The van der Waals surface area contributed by atoms with Gasteiger partial charge in [-0.15, -0.1) is 0 Å². The summed E-state index contributed by atoms with van der Waals surface area (Å²) in [7, 11) is 1.72. The number of hydrogen-bond donors (Lipinski definition) is 1. The Labute approximate surface area is 122 Å². The molecule has 20 heavy (non-hydrogen) atoms. The van der Waals surface area contributed by atoms with Crippen LogP contribution in [0.2, 0.25) is 0 Å². The van der Waals surface area contributed by atoms with Gasteiger partial charge in [0, 0.05) is 26.2 Å². The zero-order valence-corrected chi connectivity index (χ0v) is 13.1. The van der Waals surface area contributed by atoms with Crippen LogP contribution in [-0.4, -0.2) is 44.4 Å². The average Bonchev–Trinajstić information content (AvgIpc) is 2.43. The molecule has 114 valence electrons. The summed E-state index contributed by atoms with van der Waals surface area (Å²) in [4.78, 5) is 2.30. The minimum Gasteiger partial charge on any atom is -0.491 e. The van der Waals surface area contributed by atoms with Gasteiger partial charge in [-0.1, -0.05) is 19.1 Å². The van der Waals surface area contributed by atoms with Crippen molar-refractivity contribution in [3.8, 4) is 5.75 Å². The van der Waals surface area contributed by atoms with E-state index in [9.17, 15) is 0 Å². The molecule has 1 atom stereocenters. The lowest BCUT2D eigenvalue weighted by atomic mass is 10.1. The summed E-state index contributed by atoms with van der Waals surface area (Å²) in [5.74, 6) is 0.891. The van der Waals surface area contributed by atoms with Crippen LogP contribution in [0.5, 0.6) is 5.75 Å². The van der Waals surface area contributed by atoms with Crippen molar-refractivity contribution in [3.63, 3.8) is 0 Å². The average molecular weight is 280 g/mol. The van der Waals surface area contributed by atoms with E-state index < -0.39 is 0 Å². The molecule has 0 saturated heterocycles. The quantitative estimate of drug-likeness (QED) is 0.755. The summed E-state index contributed by atoms with van der Waals surface area (Å²) in [6.45, 7) is 9.65. The van der Waals surface area contributed by atoms with Crippen LogP contribution in [0.25, 0.3) is 0 Å². The first kappa shape index (κ1) is 17.0. The topological polar surface area (TPSA) is 47.7 Å². The smallest absolute Gasteiger partial charge is 0.119 e. The highest BCUT2D eigenvalue weighted by atomic mass is 16.5. The highest BCUT2D eigenvalue weighted by Crippen LogP contribution is 2.18. The van der Waals surface area contributed by atoms with Crippen molar-refractivity contribution in [2.75, 3.05) is 33.4 Å². The van der Waals surface area contributed by atoms with Gasteiger partial charge in [0.05, 0.1) is 12.7 Å². The van der Waals surface area contributed by atoms with E-state index in [4.69, 9.17) is 15.2 Å². The van der Waals surface area contributed by atoms with Gasteiger partial charge in [0.2, 0.25) is 0 Å². The van der Waals surface area contributed by atoms with Crippen molar-refractivity contribution in [1.29, 1.82) is 0 Å². The number of nitrogens with two attached hydrogens (primary N) is 1. The van der Waals surface area contributed by atoms with Gasteiger partial charge in [-0.3, -0.25) is 4.90 Å². The summed E-state index contributed by atoms with van der Waals surface area (Å²) < 4.78 is 10.8. The van der Waals surface area contributed by atoms with Gasteiger partial charge in [-0.05, 0) is 38.1 Å². The maximum Gasteiger partial charge on any atom is 0.119 e. The molecule has 1 aromatic rings. The molecule has 0 saturated carbocycles. The molecule has 4 nitrogen and oxygen atoms in total. The Morgan fingerprint density at radius 2 is 1.85 bits per heavy atom. The standard InChI is InChI=1S/C16H28N2O2/c1-5-18(10-11-19-4)12-16(17)14-6-8-15(9-7-14)20-13(2)3/h6-9,13,16H,5,10-12,17H2,1-4H3. The Morgan fingerprint density at radius 3 is 2.35 bits per heavy atom. The van der Waals surface area contributed by atoms with E-state index in [0.29, 0.717) is 0 Å². The van der Waals surface area contributed by atoms with Crippen LogP contribution < -0.4 is 10.5 Å². The monoisotopic (exact) mass is 280 g/mol. The Balaban J connectivity index is 2.55. The SMILES string of the molecule is CCN(CCOC)CC(N)c1ccc(OC(C)C)cc1. The Morgan fingerprint density at radius 1 is 1.20 bits per heavy atom. The lowest BCUT2D eigenvalue weighted by Crippen LogP contribution is -2.34. The number of ether oxygens (including phenoxy) is 2. The molecule has 0 amide bonds. The van der Waals surface area contributed by atoms with E-state index >= 15 is 0 Å². The Hall–Kier alpha value is -1.10. The molecule has 0 fully saturated rings. The number of likely N-dealkylation sites (N-methyl/N-ethyl adjacent to an activating group) is 1. The molecular formula is C16H28N2O2. The van der Waals surface area contributed by atoms with E-state index in [1.165, 1.54) is 0 Å². The van der Waals surface area contributed by atoms with E-state index in [1.807, 2.05) is 38.1 Å². The summed E-state index contributed by atoms with van der Waals surface area (Å²) in [6.07, 6.45) is 0.194. The van der Waals surface area contributed by atoms with Gasteiger partial charge in [-0.2, -0.15) is 0 Å². The number of nitrogens with zero attached hydrogens (tertiary/aromatic N) is 1. The first-order chi connectivity index (χ1) is 9.56. The zero-order chi connectivity index (χ0) is 15.0. The zero-order valence-electron chi connectivity index (χ0n) is 13.1. The molecule has 4 heteroatoms. The third-order valence-electron chi connectivity index (χ3n) is 3.19. The van der Waals surface area contributed by atoms with Crippen molar-refractivity contribution in [1.82, 2.24) is 4.90 Å². The molecule has 0 bridgehead atoms. The lowest BCUT2D eigenvalue weighted by Gasteiger charge is -2.24. The van der Waals surface area contributed by atoms with Crippen molar-refractivity contribution in [2.45, 2.75) is 32.9 Å². The summed E-state index contributed by atoms with van der Waals surface area (Å²) in [5, 5.41) is 0. The molecule has 1 aromatic carbocycles. The van der Waals surface area contributed by atoms with Gasteiger partial charge in [-0.25, -0.2) is 0 Å². The predicted molar refractivity (Wildman–Crippen MR) is 83.1 cm³/mol. The normalized spacial score (nSPS) is 12.9. The van der Waals surface area contributed by atoms with Crippen LogP contribution in [0, 0.1) is 0 Å². The molecular weight excluding hydrogens is 252 g/mol. The van der Waals surface area contributed by atoms with E-state index in [1.54, 1.807) is 7.11 Å². The maximum atomic E-state index is 6.27. The highest BCUT2D eigenvalue weighted by molar-refractivity contribution is 5.29. The van der Waals surface area contributed by atoms with Crippen LogP contribution in [-0.2, 0) is 4.74 Å². The van der Waals surface area contributed by atoms with E-state index in [0.717, 1.165) is 37.6 Å². The second-order valence-electron chi connectivity index (χ2n) is 5.23. The van der Waals surface area contributed by atoms with E-state index in [-0.39, 0.29) is 12.1 Å². The van der Waals surface area contributed by atoms with Crippen molar-refractivity contribution in [2.24, 2.45) is 5.73 Å². The third-order valence-corrected chi connectivity index (χ3v) is 3.19. The van der Waals surface area contributed by atoms with Crippen LogP contribution in [0.15, 0.2) is 24.3 Å². The first-order valence-corrected chi connectivity index (χ1v) is 7.30. The number of hydrogen-bond acceptors (Lipinski definition) is 4. The van der Waals surface area contributed by atoms with Gasteiger partial charge in [0.15, 0.2) is 0 Å². The summed E-state index contributed by atoms with van der Waals surface area (Å²) in [6, 6.07) is 8.08. The van der Waals surface area contributed by atoms with Crippen molar-refractivity contribution >= 4 is 0 Å². The molecule has 2 N–H and O–H groups in total. The largest absolute Gasteiger partial charge is 0.491 e. The van der Waals surface area contributed by atoms with Crippen LogP contribution in [0.4, 0.5) is 0 Å². The molecule has 1 unspecified atom stereocenters. The molecule has 0 spiro atoms. The molecule has 0 aromatic heterocycles. The summed E-state index contributed by atoms with van der Waals surface area (Å²) >= 11 is 0. The van der Waals surface area contributed by atoms with E-state index in [2.05, 4.69) is 11.8 Å². The summed E-state index contributed by atoms with van der Waals surface area (Å²) in [5.41, 5.74) is 7.41. The fourth-order valence-corrected chi connectivity index (χ4v) is 2.05. The molecule has 0 aliphatic rings. The predicted octanol–water partition coefficient (Wildman–Crippen LogP) is 2.44. The molecule has 1 rings (SSSR count). The second kappa shape index (κ2) is 8.95. The minimum atomic E-state index is 0.0138. The fraction of sp³-hybridized carbons (Fsp3) is 0.625. The molecule has 0 heterocycles. The maximum absolute atomic E-state index is 6.27. The van der Waals surface area contributed by atoms with Crippen molar-refractivity contribution < 1.29 is 9.47 Å². The van der Waals surface area contributed by atoms with Gasteiger partial charge < -0.3 is 15.2 Å². The number of rotatable bonds is 9. The molecule has 0 aliphatic carbocycles. The first-order valence-electron chi connectivity index (χ1n) is 7.30. The van der Waals surface area contributed by atoms with Crippen LogP contribution >= 0.6 is 0 Å². The highest BCUT2D eigenvalue weighted by Gasteiger charge is 2.11. The number of benzene rings is 1. The van der Waals surface area contributed by atoms with Gasteiger partial charge >= 0.3 is 0 Å². The number of methoxy groups -OCH3 is 1. The Kier molecular flexibility index (Phi) is 7.59. The fourth-order valence-electron chi connectivity index (χ4n) is 2.05. The van der Waals surface area contributed by atoms with Gasteiger partial charge in [0.25, 0.3) is 0 Å². The second-order valence-corrected chi connectivity index (χ2v) is 5.23. The van der Waals surface area contributed by atoms with Crippen molar-refractivity contribution in [3.05, 3.63) is 29.8 Å². The van der Waals surface area contributed by atoms with Crippen LogP contribution in [0.1, 0.15) is 32.4 Å². The van der Waals surface area contributed by atoms with Gasteiger partial charge in [0.1, 0.15) is 5.75 Å². The van der Waals surface area contributed by atoms with Crippen LogP contribution in [0.3, 0.4) is 0 Å². The molecule has 0 radical (unpaired) electrons. The lowest BCUT2D eigenvalue weighted by molar-refractivity contribution is 0.147. The third kappa shape index (κ3) is 5.90. The molecule has 0 aliphatic heterocycles. The minimum absolute atomic E-state index is 0.0138.